The van der Waals surface area contributed by atoms with Crippen LogP contribution in [-0.4, -0.2) is 18.1 Å². The van der Waals surface area contributed by atoms with E-state index in [0.717, 1.165) is 12.5 Å². The summed E-state index contributed by atoms with van der Waals surface area (Å²) in [5.74, 6) is 3.25. The van der Waals surface area contributed by atoms with Crippen LogP contribution in [0.25, 0.3) is 0 Å². The van der Waals surface area contributed by atoms with Gasteiger partial charge in [0.25, 0.3) is 0 Å². The van der Waals surface area contributed by atoms with Crippen molar-refractivity contribution < 1.29 is 0 Å². The minimum atomic E-state index is 0.745. The van der Waals surface area contributed by atoms with Crippen LogP contribution >= 0.6 is 11.8 Å². The van der Waals surface area contributed by atoms with Gasteiger partial charge < -0.3 is 5.32 Å². The van der Waals surface area contributed by atoms with Gasteiger partial charge >= 0.3 is 0 Å². The average Bonchev–Trinajstić information content (AvgIpc) is 2.34. The maximum atomic E-state index is 8.16. The Balaban J connectivity index is 2.06. The molecule has 0 amide bonds. The first-order valence-electron chi connectivity index (χ1n) is 3.13. The zero-order chi connectivity index (χ0) is 6.53. The summed E-state index contributed by atoms with van der Waals surface area (Å²) >= 11 is 1.98. The Labute approximate surface area is 59.6 Å². The van der Waals surface area contributed by atoms with E-state index in [1.165, 1.54) is 17.9 Å². The number of nitriles is 1. The van der Waals surface area contributed by atoms with Gasteiger partial charge in [0.1, 0.15) is 0 Å². The van der Waals surface area contributed by atoms with Gasteiger partial charge in [0.05, 0.1) is 0 Å². The first-order valence-corrected chi connectivity index (χ1v) is 4.28. The molecule has 0 aliphatic carbocycles. The summed E-state index contributed by atoms with van der Waals surface area (Å²) in [6.45, 7) is 0.878. The lowest BCUT2D eigenvalue weighted by atomic mass is 10.1. The molecule has 3 heteroatoms. The molecule has 9 heavy (non-hydrogen) atoms. The minimum Gasteiger partial charge on any atom is -0.324 e. The minimum absolute atomic E-state index is 0.745. The average molecular weight is 142 g/mol. The predicted octanol–water partition coefficient (Wildman–Crippen LogP) is 0.810. The molecule has 1 fully saturated rings. The Morgan fingerprint density at radius 2 is 2.67 bits per heavy atom. The van der Waals surface area contributed by atoms with Crippen molar-refractivity contribution in [3.8, 4) is 6.19 Å². The summed E-state index contributed by atoms with van der Waals surface area (Å²) in [4.78, 5) is 0. The second kappa shape index (κ2) is 3.62. The molecular formula is C6H10N2S. The molecule has 0 aromatic rings. The van der Waals surface area contributed by atoms with Crippen LogP contribution in [0.4, 0.5) is 0 Å². The van der Waals surface area contributed by atoms with Crippen LogP contribution in [0.15, 0.2) is 0 Å². The molecular weight excluding hydrogens is 132 g/mol. The maximum absolute atomic E-state index is 8.16. The fourth-order valence-electron chi connectivity index (χ4n) is 0.934. The summed E-state index contributed by atoms with van der Waals surface area (Å²) in [6, 6.07) is 0. The Morgan fingerprint density at radius 1 is 1.78 bits per heavy atom. The topological polar surface area (TPSA) is 35.8 Å². The Morgan fingerprint density at radius 3 is 3.22 bits per heavy atom. The van der Waals surface area contributed by atoms with Crippen molar-refractivity contribution in [3.05, 3.63) is 0 Å². The van der Waals surface area contributed by atoms with Gasteiger partial charge in [-0.25, -0.2) is 0 Å². The van der Waals surface area contributed by atoms with E-state index >= 15 is 0 Å². The standard InChI is InChI=1S/C6H10N2S/c7-5-8-3-6-1-2-9-4-6/h6,8H,1-4H2. The number of rotatable bonds is 2. The van der Waals surface area contributed by atoms with Gasteiger partial charge in [-0.05, 0) is 23.8 Å². The molecule has 2 nitrogen and oxygen atoms in total. The highest BCUT2D eigenvalue weighted by atomic mass is 32.2. The van der Waals surface area contributed by atoms with Crippen molar-refractivity contribution in [2.45, 2.75) is 6.42 Å². The highest BCUT2D eigenvalue weighted by molar-refractivity contribution is 7.99. The molecule has 1 rings (SSSR count). The summed E-state index contributed by atoms with van der Waals surface area (Å²) in [7, 11) is 0. The van der Waals surface area contributed by atoms with Crippen molar-refractivity contribution >= 4 is 11.8 Å². The van der Waals surface area contributed by atoms with Crippen LogP contribution in [0.2, 0.25) is 0 Å². The predicted molar refractivity (Wildman–Crippen MR) is 39.0 cm³/mol. The molecule has 0 bridgehead atoms. The van der Waals surface area contributed by atoms with Crippen molar-refractivity contribution in [1.29, 1.82) is 5.26 Å². The van der Waals surface area contributed by atoms with E-state index in [0.29, 0.717) is 0 Å². The lowest BCUT2D eigenvalue weighted by molar-refractivity contribution is 0.574. The largest absolute Gasteiger partial charge is 0.324 e. The quantitative estimate of drug-likeness (QED) is 0.458. The van der Waals surface area contributed by atoms with Crippen LogP contribution in [-0.2, 0) is 0 Å². The molecule has 0 aromatic carbocycles. The van der Waals surface area contributed by atoms with Gasteiger partial charge in [-0.3, -0.25) is 0 Å². The highest BCUT2D eigenvalue weighted by Gasteiger charge is 2.13. The molecule has 1 unspecified atom stereocenters. The first kappa shape index (κ1) is 6.76. The molecule has 1 N–H and O–H groups in total. The Hall–Kier alpha value is -0.360. The zero-order valence-electron chi connectivity index (χ0n) is 5.26. The van der Waals surface area contributed by atoms with Crippen LogP contribution in [0.3, 0.4) is 0 Å². The fraction of sp³-hybridized carbons (Fsp3) is 0.833. The second-order valence-electron chi connectivity index (χ2n) is 2.22. The molecule has 1 aliphatic heterocycles. The number of thioether (sulfide) groups is 1. The van der Waals surface area contributed by atoms with Crippen molar-refractivity contribution in [1.82, 2.24) is 5.32 Å². The third-order valence-electron chi connectivity index (χ3n) is 1.49. The van der Waals surface area contributed by atoms with E-state index in [1.807, 2.05) is 18.0 Å². The summed E-state index contributed by atoms with van der Waals surface area (Å²) < 4.78 is 0. The summed E-state index contributed by atoms with van der Waals surface area (Å²) in [5, 5.41) is 10.8. The van der Waals surface area contributed by atoms with Crippen molar-refractivity contribution in [2.24, 2.45) is 5.92 Å². The van der Waals surface area contributed by atoms with E-state index in [4.69, 9.17) is 5.26 Å². The molecule has 1 heterocycles. The normalized spacial score (nSPS) is 25.4. The summed E-state index contributed by atoms with van der Waals surface area (Å²) in [6.07, 6.45) is 3.21. The highest BCUT2D eigenvalue weighted by Crippen LogP contribution is 2.22. The van der Waals surface area contributed by atoms with Crippen molar-refractivity contribution in [3.63, 3.8) is 0 Å². The van der Waals surface area contributed by atoms with E-state index in [1.54, 1.807) is 0 Å². The van der Waals surface area contributed by atoms with E-state index in [2.05, 4.69) is 5.32 Å². The molecule has 0 radical (unpaired) electrons. The van der Waals surface area contributed by atoms with E-state index in [-0.39, 0.29) is 0 Å². The lowest BCUT2D eigenvalue weighted by Gasteiger charge is -2.03. The van der Waals surface area contributed by atoms with Crippen LogP contribution < -0.4 is 5.32 Å². The third kappa shape index (κ3) is 2.15. The third-order valence-corrected chi connectivity index (χ3v) is 2.73. The number of nitrogens with one attached hydrogen (secondary N) is 1. The Bertz CT molecular complexity index is 113. The molecule has 0 spiro atoms. The van der Waals surface area contributed by atoms with Gasteiger partial charge in [-0.1, -0.05) is 0 Å². The molecule has 50 valence electrons. The molecule has 1 saturated heterocycles. The fourth-order valence-corrected chi connectivity index (χ4v) is 2.22. The van der Waals surface area contributed by atoms with Gasteiger partial charge in [0, 0.05) is 6.54 Å². The summed E-state index contributed by atoms with van der Waals surface area (Å²) in [5.41, 5.74) is 0. The number of hydrogen-bond donors (Lipinski definition) is 1. The van der Waals surface area contributed by atoms with E-state index in [9.17, 15) is 0 Å². The number of hydrogen-bond acceptors (Lipinski definition) is 3. The molecule has 0 saturated carbocycles. The number of nitrogens with zero attached hydrogens (tertiary/aromatic N) is 1. The van der Waals surface area contributed by atoms with E-state index < -0.39 is 0 Å². The smallest absolute Gasteiger partial charge is 0.176 e. The van der Waals surface area contributed by atoms with Crippen LogP contribution in [0.5, 0.6) is 0 Å². The molecule has 1 atom stereocenters. The van der Waals surface area contributed by atoms with Crippen molar-refractivity contribution in [2.75, 3.05) is 18.1 Å². The second-order valence-corrected chi connectivity index (χ2v) is 3.37. The SMILES string of the molecule is N#CNCC1CCSC1. The van der Waals surface area contributed by atoms with Gasteiger partial charge in [0.2, 0.25) is 0 Å². The monoisotopic (exact) mass is 142 g/mol. The van der Waals surface area contributed by atoms with Crippen LogP contribution in [0.1, 0.15) is 6.42 Å². The molecule has 1 aliphatic rings. The van der Waals surface area contributed by atoms with Gasteiger partial charge in [-0.15, -0.1) is 0 Å². The van der Waals surface area contributed by atoms with Crippen LogP contribution in [0, 0.1) is 17.4 Å². The maximum Gasteiger partial charge on any atom is 0.176 e. The van der Waals surface area contributed by atoms with Gasteiger partial charge in [0.15, 0.2) is 6.19 Å². The Kier molecular flexibility index (Phi) is 2.72. The van der Waals surface area contributed by atoms with Gasteiger partial charge in [-0.2, -0.15) is 17.0 Å². The lowest BCUT2D eigenvalue weighted by Crippen LogP contribution is -2.17. The first-order chi connectivity index (χ1) is 4.43. The molecule has 0 aromatic heterocycles. The zero-order valence-corrected chi connectivity index (χ0v) is 6.08.